The Balaban J connectivity index is 1.84. The monoisotopic (exact) mass is 244 g/mol. The fraction of sp³-hybridized carbons (Fsp3) is 0.357. The first-order valence-electron chi connectivity index (χ1n) is 6.10. The third-order valence-electron chi connectivity index (χ3n) is 3.17. The molecule has 4 nitrogen and oxygen atoms in total. The van der Waals surface area contributed by atoms with Crippen LogP contribution in [0.15, 0.2) is 30.3 Å². The lowest BCUT2D eigenvalue weighted by atomic mass is 10.2. The maximum absolute atomic E-state index is 5.34. The van der Waals surface area contributed by atoms with Gasteiger partial charge >= 0.3 is 0 Å². The molecule has 3 rings (SSSR count). The van der Waals surface area contributed by atoms with Gasteiger partial charge in [-0.2, -0.15) is 0 Å². The number of para-hydroxylation sites is 1. The van der Waals surface area contributed by atoms with Crippen LogP contribution in [-0.2, 0) is 11.3 Å². The summed E-state index contributed by atoms with van der Waals surface area (Å²) in [6, 6.07) is 10.6. The molecule has 18 heavy (non-hydrogen) atoms. The first-order chi connectivity index (χ1) is 8.86. The molecule has 0 atom stereocenters. The van der Waals surface area contributed by atoms with Crippen LogP contribution in [0.5, 0.6) is 5.75 Å². The van der Waals surface area contributed by atoms with E-state index >= 15 is 0 Å². The SMILES string of the molecule is COc1cccc2ccc(CNC3COC3)nc12. The summed E-state index contributed by atoms with van der Waals surface area (Å²) in [6.45, 7) is 2.37. The molecule has 0 unspecified atom stereocenters. The van der Waals surface area contributed by atoms with Crippen molar-refractivity contribution in [3.05, 3.63) is 36.0 Å². The summed E-state index contributed by atoms with van der Waals surface area (Å²) in [7, 11) is 1.67. The molecular formula is C14H16N2O2. The minimum atomic E-state index is 0.472. The largest absolute Gasteiger partial charge is 0.494 e. The van der Waals surface area contributed by atoms with E-state index in [1.54, 1.807) is 7.11 Å². The zero-order valence-corrected chi connectivity index (χ0v) is 10.3. The molecule has 0 amide bonds. The summed E-state index contributed by atoms with van der Waals surface area (Å²) in [5, 5.41) is 4.51. The predicted molar refractivity (Wildman–Crippen MR) is 69.7 cm³/mol. The molecule has 0 bridgehead atoms. The van der Waals surface area contributed by atoms with Crippen LogP contribution in [-0.4, -0.2) is 31.3 Å². The third-order valence-corrected chi connectivity index (χ3v) is 3.17. The van der Waals surface area contributed by atoms with E-state index in [0.717, 1.165) is 42.1 Å². The van der Waals surface area contributed by atoms with E-state index < -0.39 is 0 Å². The highest BCUT2D eigenvalue weighted by atomic mass is 16.5. The molecule has 2 heterocycles. The molecule has 1 N–H and O–H groups in total. The number of fused-ring (bicyclic) bond motifs is 1. The van der Waals surface area contributed by atoms with Gasteiger partial charge in [0.05, 0.1) is 32.1 Å². The zero-order valence-electron chi connectivity index (χ0n) is 10.3. The van der Waals surface area contributed by atoms with Crippen molar-refractivity contribution in [1.29, 1.82) is 0 Å². The van der Waals surface area contributed by atoms with Crippen molar-refractivity contribution >= 4 is 10.9 Å². The lowest BCUT2D eigenvalue weighted by molar-refractivity contribution is -0.00590. The number of nitrogens with one attached hydrogen (secondary N) is 1. The maximum Gasteiger partial charge on any atom is 0.145 e. The van der Waals surface area contributed by atoms with E-state index in [9.17, 15) is 0 Å². The van der Waals surface area contributed by atoms with Gasteiger partial charge in [0, 0.05) is 11.9 Å². The molecule has 2 aromatic rings. The zero-order chi connectivity index (χ0) is 12.4. The Labute approximate surface area is 106 Å². The van der Waals surface area contributed by atoms with Gasteiger partial charge in [-0.25, -0.2) is 4.98 Å². The van der Waals surface area contributed by atoms with Crippen LogP contribution in [0.3, 0.4) is 0 Å². The summed E-state index contributed by atoms with van der Waals surface area (Å²) in [4.78, 5) is 4.65. The summed E-state index contributed by atoms with van der Waals surface area (Å²) >= 11 is 0. The topological polar surface area (TPSA) is 43.4 Å². The lowest BCUT2D eigenvalue weighted by Crippen LogP contribution is -2.45. The van der Waals surface area contributed by atoms with Crippen LogP contribution in [0, 0.1) is 0 Å². The number of ether oxygens (including phenoxy) is 2. The van der Waals surface area contributed by atoms with Gasteiger partial charge in [0.15, 0.2) is 0 Å². The van der Waals surface area contributed by atoms with Gasteiger partial charge in [-0.1, -0.05) is 18.2 Å². The van der Waals surface area contributed by atoms with Crippen molar-refractivity contribution in [2.75, 3.05) is 20.3 Å². The van der Waals surface area contributed by atoms with Crippen molar-refractivity contribution in [2.45, 2.75) is 12.6 Å². The molecule has 1 aromatic heterocycles. The van der Waals surface area contributed by atoms with Gasteiger partial charge in [-0.15, -0.1) is 0 Å². The molecule has 1 aliphatic rings. The molecule has 4 heteroatoms. The maximum atomic E-state index is 5.34. The van der Waals surface area contributed by atoms with Crippen LogP contribution in [0.25, 0.3) is 10.9 Å². The molecule has 0 radical (unpaired) electrons. The van der Waals surface area contributed by atoms with Gasteiger partial charge in [-0.3, -0.25) is 0 Å². The van der Waals surface area contributed by atoms with E-state index in [-0.39, 0.29) is 0 Å². The van der Waals surface area contributed by atoms with Crippen LogP contribution in [0.4, 0.5) is 0 Å². The Morgan fingerprint density at radius 3 is 2.94 bits per heavy atom. The molecule has 1 fully saturated rings. The molecular weight excluding hydrogens is 228 g/mol. The molecule has 0 spiro atoms. The first-order valence-corrected chi connectivity index (χ1v) is 6.10. The number of rotatable bonds is 4. The fourth-order valence-electron chi connectivity index (χ4n) is 2.03. The average Bonchev–Trinajstić information content (AvgIpc) is 2.36. The van der Waals surface area contributed by atoms with Crippen molar-refractivity contribution < 1.29 is 9.47 Å². The number of nitrogens with zero attached hydrogens (tertiary/aromatic N) is 1. The van der Waals surface area contributed by atoms with Gasteiger partial charge < -0.3 is 14.8 Å². The van der Waals surface area contributed by atoms with E-state index in [1.165, 1.54) is 0 Å². The number of benzene rings is 1. The van der Waals surface area contributed by atoms with E-state index in [1.807, 2.05) is 24.3 Å². The normalized spacial score (nSPS) is 15.6. The van der Waals surface area contributed by atoms with Gasteiger partial charge in [-0.05, 0) is 12.1 Å². The van der Waals surface area contributed by atoms with Crippen molar-refractivity contribution in [3.8, 4) is 5.75 Å². The van der Waals surface area contributed by atoms with E-state index in [0.29, 0.717) is 6.04 Å². The molecule has 0 saturated carbocycles. The first kappa shape index (κ1) is 11.4. The van der Waals surface area contributed by atoms with Crippen molar-refractivity contribution in [1.82, 2.24) is 10.3 Å². The number of aromatic nitrogens is 1. The second-order valence-electron chi connectivity index (χ2n) is 4.45. The minimum Gasteiger partial charge on any atom is -0.494 e. The second-order valence-corrected chi connectivity index (χ2v) is 4.45. The summed E-state index contributed by atoms with van der Waals surface area (Å²) in [5.74, 6) is 0.821. The smallest absolute Gasteiger partial charge is 0.145 e. The number of hydrogen-bond donors (Lipinski definition) is 1. The predicted octanol–water partition coefficient (Wildman–Crippen LogP) is 1.73. The Bertz CT molecular complexity index is 552. The Hall–Kier alpha value is -1.65. The van der Waals surface area contributed by atoms with Crippen molar-refractivity contribution in [3.63, 3.8) is 0 Å². The lowest BCUT2D eigenvalue weighted by Gasteiger charge is -2.26. The van der Waals surface area contributed by atoms with E-state index in [2.05, 4.69) is 16.4 Å². The molecule has 1 aromatic carbocycles. The highest BCUT2D eigenvalue weighted by Gasteiger charge is 2.17. The van der Waals surface area contributed by atoms with Crippen LogP contribution >= 0.6 is 0 Å². The third kappa shape index (κ3) is 2.17. The van der Waals surface area contributed by atoms with Crippen LogP contribution in [0.2, 0.25) is 0 Å². The summed E-state index contributed by atoms with van der Waals surface area (Å²) < 4.78 is 10.5. The Morgan fingerprint density at radius 2 is 2.22 bits per heavy atom. The number of methoxy groups -OCH3 is 1. The molecule has 0 aliphatic carbocycles. The second kappa shape index (κ2) is 4.92. The number of hydrogen-bond acceptors (Lipinski definition) is 4. The fourth-order valence-corrected chi connectivity index (χ4v) is 2.03. The van der Waals surface area contributed by atoms with Crippen LogP contribution in [0.1, 0.15) is 5.69 Å². The summed E-state index contributed by atoms with van der Waals surface area (Å²) in [6.07, 6.45) is 0. The molecule has 1 aliphatic heterocycles. The Morgan fingerprint density at radius 1 is 1.33 bits per heavy atom. The summed E-state index contributed by atoms with van der Waals surface area (Å²) in [5.41, 5.74) is 1.95. The van der Waals surface area contributed by atoms with Gasteiger partial charge in [0.2, 0.25) is 0 Å². The highest BCUT2D eigenvalue weighted by Crippen LogP contribution is 2.23. The van der Waals surface area contributed by atoms with Gasteiger partial charge in [0.25, 0.3) is 0 Å². The molecule has 94 valence electrons. The quantitative estimate of drug-likeness (QED) is 0.889. The number of pyridine rings is 1. The highest BCUT2D eigenvalue weighted by molar-refractivity contribution is 5.84. The molecule has 1 saturated heterocycles. The van der Waals surface area contributed by atoms with E-state index in [4.69, 9.17) is 9.47 Å². The van der Waals surface area contributed by atoms with Crippen LogP contribution < -0.4 is 10.1 Å². The average molecular weight is 244 g/mol. The van der Waals surface area contributed by atoms with Crippen molar-refractivity contribution in [2.24, 2.45) is 0 Å². The minimum absolute atomic E-state index is 0.472. The van der Waals surface area contributed by atoms with Gasteiger partial charge in [0.1, 0.15) is 11.3 Å². The Kier molecular flexibility index (Phi) is 3.13. The standard InChI is InChI=1S/C14H16N2O2/c1-17-13-4-2-3-10-5-6-11(16-14(10)13)7-15-12-8-18-9-12/h2-6,12,15H,7-9H2,1H3.